The van der Waals surface area contributed by atoms with Crippen LogP contribution in [0.5, 0.6) is 0 Å². The van der Waals surface area contributed by atoms with Gasteiger partial charge < -0.3 is 5.32 Å². The van der Waals surface area contributed by atoms with Crippen LogP contribution in [0.3, 0.4) is 0 Å². The third kappa shape index (κ3) is 3.30. The van der Waals surface area contributed by atoms with E-state index in [9.17, 15) is 0 Å². The van der Waals surface area contributed by atoms with Crippen LogP contribution in [0.1, 0.15) is 52.9 Å². The second-order valence-electron chi connectivity index (χ2n) is 4.67. The summed E-state index contributed by atoms with van der Waals surface area (Å²) >= 11 is 0. The van der Waals surface area contributed by atoms with Gasteiger partial charge in [0, 0.05) is 6.04 Å². The summed E-state index contributed by atoms with van der Waals surface area (Å²) in [4.78, 5) is 0. The van der Waals surface area contributed by atoms with Gasteiger partial charge in [-0.1, -0.05) is 33.1 Å². The first-order valence-corrected chi connectivity index (χ1v) is 5.99. The van der Waals surface area contributed by atoms with E-state index in [0.29, 0.717) is 0 Å². The molecule has 1 rings (SSSR count). The van der Waals surface area contributed by atoms with Crippen LogP contribution >= 0.6 is 0 Å². The minimum absolute atomic E-state index is 0.740. The summed E-state index contributed by atoms with van der Waals surface area (Å²) in [5, 5.41) is 3.63. The van der Waals surface area contributed by atoms with Gasteiger partial charge in [0.05, 0.1) is 0 Å². The van der Waals surface area contributed by atoms with Crippen molar-refractivity contribution in [3.63, 3.8) is 0 Å². The van der Waals surface area contributed by atoms with Gasteiger partial charge in [0.1, 0.15) is 0 Å². The SMILES string of the molecule is CCCC(C)C1CCCCNC1C. The Labute approximate surface area is 83.3 Å². The molecule has 0 amide bonds. The van der Waals surface area contributed by atoms with Crippen molar-refractivity contribution in [3.05, 3.63) is 0 Å². The van der Waals surface area contributed by atoms with Gasteiger partial charge in [-0.15, -0.1) is 0 Å². The first-order valence-electron chi connectivity index (χ1n) is 5.99. The van der Waals surface area contributed by atoms with Crippen LogP contribution in [0, 0.1) is 11.8 Å². The second kappa shape index (κ2) is 5.64. The Balaban J connectivity index is 2.43. The summed E-state index contributed by atoms with van der Waals surface area (Å²) in [6.45, 7) is 8.32. The number of hydrogen-bond acceptors (Lipinski definition) is 1. The largest absolute Gasteiger partial charge is 0.314 e. The third-order valence-corrected chi connectivity index (χ3v) is 3.55. The fourth-order valence-corrected chi connectivity index (χ4v) is 2.68. The molecule has 78 valence electrons. The van der Waals surface area contributed by atoms with Crippen LogP contribution < -0.4 is 5.32 Å². The van der Waals surface area contributed by atoms with E-state index in [1.807, 2.05) is 0 Å². The van der Waals surface area contributed by atoms with E-state index in [0.717, 1.165) is 17.9 Å². The molecular formula is C12H25N. The Bertz CT molecular complexity index is 133. The molecule has 0 bridgehead atoms. The molecule has 1 fully saturated rings. The molecule has 0 aromatic heterocycles. The molecule has 3 unspecified atom stereocenters. The predicted molar refractivity (Wildman–Crippen MR) is 58.9 cm³/mol. The Morgan fingerprint density at radius 3 is 2.85 bits per heavy atom. The smallest absolute Gasteiger partial charge is 0.00695 e. The standard InChI is InChI=1S/C12H25N/c1-4-7-10(2)12-8-5-6-9-13-11(12)3/h10-13H,4-9H2,1-3H3. The first-order chi connectivity index (χ1) is 6.25. The van der Waals surface area contributed by atoms with Gasteiger partial charge in [-0.05, 0) is 38.1 Å². The summed E-state index contributed by atoms with van der Waals surface area (Å²) < 4.78 is 0. The Morgan fingerprint density at radius 1 is 1.38 bits per heavy atom. The van der Waals surface area contributed by atoms with E-state index in [-0.39, 0.29) is 0 Å². The third-order valence-electron chi connectivity index (χ3n) is 3.55. The summed E-state index contributed by atoms with van der Waals surface area (Å²) in [7, 11) is 0. The predicted octanol–water partition coefficient (Wildman–Crippen LogP) is 3.20. The highest BCUT2D eigenvalue weighted by molar-refractivity contribution is 4.79. The van der Waals surface area contributed by atoms with Gasteiger partial charge in [0.25, 0.3) is 0 Å². The normalized spacial score (nSPS) is 32.5. The molecule has 0 saturated carbocycles. The lowest BCUT2D eigenvalue weighted by molar-refractivity contribution is 0.261. The van der Waals surface area contributed by atoms with Crippen molar-refractivity contribution in [1.29, 1.82) is 0 Å². The van der Waals surface area contributed by atoms with Crippen LogP contribution in [-0.4, -0.2) is 12.6 Å². The average Bonchev–Trinajstić information content (AvgIpc) is 2.30. The number of nitrogens with one attached hydrogen (secondary N) is 1. The van der Waals surface area contributed by atoms with E-state index in [1.54, 1.807) is 0 Å². The van der Waals surface area contributed by atoms with E-state index < -0.39 is 0 Å². The minimum atomic E-state index is 0.740. The average molecular weight is 183 g/mol. The maximum atomic E-state index is 3.63. The highest BCUT2D eigenvalue weighted by atomic mass is 14.9. The fraction of sp³-hybridized carbons (Fsp3) is 1.00. The quantitative estimate of drug-likeness (QED) is 0.708. The van der Waals surface area contributed by atoms with Crippen molar-refractivity contribution >= 4 is 0 Å². The molecule has 0 aromatic carbocycles. The molecule has 1 heteroatoms. The van der Waals surface area contributed by atoms with Crippen molar-refractivity contribution in [1.82, 2.24) is 5.32 Å². The van der Waals surface area contributed by atoms with Gasteiger partial charge in [-0.2, -0.15) is 0 Å². The highest BCUT2D eigenvalue weighted by Crippen LogP contribution is 2.27. The Hall–Kier alpha value is -0.0400. The fourth-order valence-electron chi connectivity index (χ4n) is 2.68. The molecule has 0 aromatic rings. The van der Waals surface area contributed by atoms with Crippen molar-refractivity contribution < 1.29 is 0 Å². The molecule has 0 radical (unpaired) electrons. The topological polar surface area (TPSA) is 12.0 Å². The highest BCUT2D eigenvalue weighted by Gasteiger charge is 2.23. The van der Waals surface area contributed by atoms with Gasteiger partial charge in [-0.3, -0.25) is 0 Å². The molecule has 1 saturated heterocycles. The maximum Gasteiger partial charge on any atom is 0.00695 e. The van der Waals surface area contributed by atoms with E-state index in [1.165, 1.54) is 38.6 Å². The van der Waals surface area contributed by atoms with Gasteiger partial charge in [-0.25, -0.2) is 0 Å². The summed E-state index contributed by atoms with van der Waals surface area (Å²) in [6.07, 6.45) is 6.98. The molecule has 0 spiro atoms. The molecular weight excluding hydrogens is 158 g/mol. The lowest BCUT2D eigenvalue weighted by Crippen LogP contribution is -2.35. The van der Waals surface area contributed by atoms with Crippen LogP contribution in [-0.2, 0) is 0 Å². The monoisotopic (exact) mass is 183 g/mol. The zero-order chi connectivity index (χ0) is 9.68. The maximum absolute atomic E-state index is 3.63. The number of rotatable bonds is 3. The van der Waals surface area contributed by atoms with Crippen LogP contribution in [0.4, 0.5) is 0 Å². The second-order valence-corrected chi connectivity index (χ2v) is 4.67. The summed E-state index contributed by atoms with van der Waals surface area (Å²) in [6, 6.07) is 0.740. The van der Waals surface area contributed by atoms with Crippen LogP contribution in [0.2, 0.25) is 0 Å². The van der Waals surface area contributed by atoms with Gasteiger partial charge in [0.15, 0.2) is 0 Å². The number of hydrogen-bond donors (Lipinski definition) is 1. The summed E-state index contributed by atoms with van der Waals surface area (Å²) in [5.41, 5.74) is 0. The lowest BCUT2D eigenvalue weighted by atomic mass is 9.82. The zero-order valence-corrected chi connectivity index (χ0v) is 9.47. The molecule has 1 aliphatic rings. The molecule has 1 heterocycles. The van der Waals surface area contributed by atoms with E-state index in [4.69, 9.17) is 0 Å². The molecule has 13 heavy (non-hydrogen) atoms. The zero-order valence-electron chi connectivity index (χ0n) is 9.47. The van der Waals surface area contributed by atoms with Crippen molar-refractivity contribution in [3.8, 4) is 0 Å². The van der Waals surface area contributed by atoms with Gasteiger partial charge >= 0.3 is 0 Å². The Kier molecular flexibility index (Phi) is 4.79. The van der Waals surface area contributed by atoms with E-state index in [2.05, 4.69) is 26.1 Å². The van der Waals surface area contributed by atoms with Crippen molar-refractivity contribution in [2.75, 3.05) is 6.54 Å². The first kappa shape index (κ1) is 11.0. The van der Waals surface area contributed by atoms with Gasteiger partial charge in [0.2, 0.25) is 0 Å². The molecule has 1 aliphatic heterocycles. The van der Waals surface area contributed by atoms with Crippen LogP contribution in [0.15, 0.2) is 0 Å². The van der Waals surface area contributed by atoms with Crippen molar-refractivity contribution in [2.24, 2.45) is 11.8 Å². The molecule has 3 atom stereocenters. The molecule has 0 aliphatic carbocycles. The summed E-state index contributed by atoms with van der Waals surface area (Å²) in [5.74, 6) is 1.83. The lowest BCUT2D eigenvalue weighted by Gasteiger charge is -2.28. The van der Waals surface area contributed by atoms with E-state index >= 15 is 0 Å². The van der Waals surface area contributed by atoms with Crippen LogP contribution in [0.25, 0.3) is 0 Å². The minimum Gasteiger partial charge on any atom is -0.314 e. The Morgan fingerprint density at radius 2 is 2.15 bits per heavy atom. The van der Waals surface area contributed by atoms with Crippen molar-refractivity contribution in [2.45, 2.75) is 58.9 Å². The molecule has 1 nitrogen and oxygen atoms in total. The molecule has 1 N–H and O–H groups in total.